The molecule has 0 spiro atoms. The maximum Gasteiger partial charge on any atom is 0.126 e. The van der Waals surface area contributed by atoms with E-state index in [4.69, 9.17) is 4.98 Å². The standard InChI is InChI=1S/C16H17N3OS2/c1-19(2)11-8-9-12(14(10-11)18-22(3)20)16-17-13-6-4-5-7-15(13)21-16/h4-10,18H,1-3H3. The third kappa shape index (κ3) is 2.98. The lowest BCUT2D eigenvalue weighted by Crippen LogP contribution is -2.10. The fourth-order valence-corrected chi connectivity index (χ4v) is 3.71. The minimum Gasteiger partial charge on any atom is -0.378 e. The molecule has 0 aliphatic rings. The summed E-state index contributed by atoms with van der Waals surface area (Å²) in [4.78, 5) is 6.71. The third-order valence-electron chi connectivity index (χ3n) is 3.30. The lowest BCUT2D eigenvalue weighted by Gasteiger charge is -2.16. The van der Waals surface area contributed by atoms with Crippen LogP contribution in [0, 0.1) is 0 Å². The van der Waals surface area contributed by atoms with Crippen LogP contribution in [0.3, 0.4) is 0 Å². The molecule has 22 heavy (non-hydrogen) atoms. The Kier molecular flexibility index (Phi) is 4.13. The molecule has 114 valence electrons. The van der Waals surface area contributed by atoms with Crippen molar-refractivity contribution in [1.82, 2.24) is 4.98 Å². The van der Waals surface area contributed by atoms with E-state index < -0.39 is 11.0 Å². The SMILES string of the molecule is CN(C)c1ccc(-c2nc3ccccc3s2)c(NS(C)=O)c1. The molecule has 0 radical (unpaired) electrons. The number of benzene rings is 2. The zero-order valence-corrected chi connectivity index (χ0v) is 14.3. The summed E-state index contributed by atoms with van der Waals surface area (Å²) in [6, 6.07) is 14.2. The Balaban J connectivity index is 2.13. The fourth-order valence-electron chi connectivity index (χ4n) is 2.22. The van der Waals surface area contributed by atoms with Crippen LogP contribution in [0.4, 0.5) is 11.4 Å². The van der Waals surface area contributed by atoms with E-state index in [1.807, 2.05) is 55.4 Å². The zero-order valence-electron chi connectivity index (χ0n) is 12.7. The Morgan fingerprint density at radius 2 is 1.95 bits per heavy atom. The molecule has 0 amide bonds. The van der Waals surface area contributed by atoms with Crippen molar-refractivity contribution in [2.24, 2.45) is 0 Å². The van der Waals surface area contributed by atoms with Gasteiger partial charge < -0.3 is 9.62 Å². The van der Waals surface area contributed by atoms with Gasteiger partial charge in [-0.15, -0.1) is 11.3 Å². The highest BCUT2D eigenvalue weighted by molar-refractivity contribution is 7.85. The van der Waals surface area contributed by atoms with Gasteiger partial charge in [-0.25, -0.2) is 9.19 Å². The summed E-state index contributed by atoms with van der Waals surface area (Å²) in [6.07, 6.45) is 1.63. The Labute approximate surface area is 136 Å². The lowest BCUT2D eigenvalue weighted by molar-refractivity contribution is 0.690. The molecule has 2 aromatic carbocycles. The van der Waals surface area contributed by atoms with E-state index in [0.717, 1.165) is 32.2 Å². The molecule has 3 aromatic rings. The average molecular weight is 331 g/mol. The molecule has 1 N–H and O–H groups in total. The van der Waals surface area contributed by atoms with Crippen molar-refractivity contribution in [2.75, 3.05) is 30.0 Å². The van der Waals surface area contributed by atoms with Gasteiger partial charge in [0.2, 0.25) is 0 Å². The quantitative estimate of drug-likeness (QED) is 0.792. The number of hydrogen-bond donors (Lipinski definition) is 1. The normalized spacial score (nSPS) is 12.3. The molecule has 0 aliphatic carbocycles. The van der Waals surface area contributed by atoms with Crippen molar-refractivity contribution in [3.63, 3.8) is 0 Å². The smallest absolute Gasteiger partial charge is 0.126 e. The lowest BCUT2D eigenvalue weighted by atomic mass is 10.1. The van der Waals surface area contributed by atoms with E-state index in [9.17, 15) is 4.21 Å². The predicted octanol–water partition coefficient (Wildman–Crippen LogP) is 3.73. The second-order valence-electron chi connectivity index (χ2n) is 5.17. The van der Waals surface area contributed by atoms with Crippen LogP contribution in [0.2, 0.25) is 0 Å². The molecule has 0 fully saturated rings. The minimum atomic E-state index is -1.13. The first-order chi connectivity index (χ1) is 10.5. The number of thiazole rings is 1. The summed E-state index contributed by atoms with van der Waals surface area (Å²) < 4.78 is 15.8. The zero-order chi connectivity index (χ0) is 15.7. The maximum absolute atomic E-state index is 11.6. The van der Waals surface area contributed by atoms with Gasteiger partial charge in [0.25, 0.3) is 0 Å². The van der Waals surface area contributed by atoms with Crippen molar-refractivity contribution < 1.29 is 4.21 Å². The van der Waals surface area contributed by atoms with E-state index in [0.29, 0.717) is 0 Å². The number of aromatic nitrogens is 1. The second kappa shape index (κ2) is 6.06. The highest BCUT2D eigenvalue weighted by atomic mass is 32.2. The van der Waals surface area contributed by atoms with E-state index >= 15 is 0 Å². The van der Waals surface area contributed by atoms with Crippen LogP contribution in [0.15, 0.2) is 42.5 Å². The Morgan fingerprint density at radius 3 is 2.64 bits per heavy atom. The van der Waals surface area contributed by atoms with E-state index in [2.05, 4.69) is 10.8 Å². The van der Waals surface area contributed by atoms with Crippen LogP contribution in [-0.2, 0) is 11.0 Å². The van der Waals surface area contributed by atoms with Gasteiger partial charge in [0.15, 0.2) is 0 Å². The number of rotatable bonds is 4. The van der Waals surface area contributed by atoms with E-state index in [-0.39, 0.29) is 0 Å². The Bertz CT molecular complexity index is 809. The summed E-state index contributed by atoms with van der Waals surface area (Å²) >= 11 is 1.64. The number of hydrogen-bond acceptors (Lipinski definition) is 4. The van der Waals surface area contributed by atoms with Gasteiger partial charge in [-0.3, -0.25) is 0 Å². The molecule has 4 nitrogen and oxygen atoms in total. The minimum absolute atomic E-state index is 0.839. The number of nitrogens with one attached hydrogen (secondary N) is 1. The Morgan fingerprint density at radius 1 is 1.18 bits per heavy atom. The topological polar surface area (TPSA) is 45.2 Å². The summed E-state index contributed by atoms with van der Waals surface area (Å²) in [6.45, 7) is 0. The van der Waals surface area contributed by atoms with Crippen LogP contribution in [-0.4, -0.2) is 29.5 Å². The van der Waals surface area contributed by atoms with Gasteiger partial charge in [-0.05, 0) is 30.3 Å². The molecule has 1 atom stereocenters. The first-order valence-electron chi connectivity index (χ1n) is 6.82. The van der Waals surface area contributed by atoms with Crippen LogP contribution in [0.1, 0.15) is 0 Å². The molecule has 1 unspecified atom stereocenters. The monoisotopic (exact) mass is 331 g/mol. The van der Waals surface area contributed by atoms with Crippen molar-refractivity contribution >= 4 is 43.9 Å². The van der Waals surface area contributed by atoms with Gasteiger partial charge in [-0.1, -0.05) is 12.1 Å². The molecular weight excluding hydrogens is 314 g/mol. The highest BCUT2D eigenvalue weighted by Gasteiger charge is 2.12. The van der Waals surface area contributed by atoms with Crippen LogP contribution in [0.5, 0.6) is 0 Å². The molecule has 0 saturated carbocycles. The van der Waals surface area contributed by atoms with Gasteiger partial charge in [0.1, 0.15) is 16.0 Å². The number of para-hydroxylation sites is 1. The van der Waals surface area contributed by atoms with Gasteiger partial charge in [0.05, 0.1) is 15.9 Å². The van der Waals surface area contributed by atoms with Gasteiger partial charge in [-0.2, -0.15) is 0 Å². The summed E-state index contributed by atoms with van der Waals surface area (Å²) in [5, 5.41) is 0.930. The summed E-state index contributed by atoms with van der Waals surface area (Å²) in [5.41, 5.74) is 3.86. The van der Waals surface area contributed by atoms with Crippen molar-refractivity contribution in [3.8, 4) is 10.6 Å². The molecule has 1 heterocycles. The number of nitrogens with zero attached hydrogens (tertiary/aromatic N) is 2. The maximum atomic E-state index is 11.6. The average Bonchev–Trinajstić information content (AvgIpc) is 2.90. The molecule has 0 aliphatic heterocycles. The van der Waals surface area contributed by atoms with Crippen LogP contribution < -0.4 is 9.62 Å². The molecule has 0 saturated heterocycles. The first kappa shape index (κ1) is 15.0. The largest absolute Gasteiger partial charge is 0.378 e. The fraction of sp³-hybridized carbons (Fsp3) is 0.188. The molecule has 6 heteroatoms. The van der Waals surface area contributed by atoms with Gasteiger partial charge >= 0.3 is 0 Å². The first-order valence-corrected chi connectivity index (χ1v) is 9.19. The summed E-state index contributed by atoms with van der Waals surface area (Å²) in [5.74, 6) is 0. The predicted molar refractivity (Wildman–Crippen MR) is 97.1 cm³/mol. The number of anilines is 2. The third-order valence-corrected chi connectivity index (χ3v) is 4.87. The van der Waals surface area contributed by atoms with E-state index in [1.54, 1.807) is 17.6 Å². The van der Waals surface area contributed by atoms with Crippen molar-refractivity contribution in [1.29, 1.82) is 0 Å². The van der Waals surface area contributed by atoms with Crippen LogP contribution >= 0.6 is 11.3 Å². The Hall–Kier alpha value is -1.92. The number of fused-ring (bicyclic) bond motifs is 1. The summed E-state index contributed by atoms with van der Waals surface area (Å²) in [7, 11) is 2.84. The molecule has 3 rings (SSSR count). The molecular formula is C16H17N3OS2. The van der Waals surface area contributed by atoms with Crippen LogP contribution in [0.25, 0.3) is 20.8 Å². The molecule has 1 aromatic heterocycles. The second-order valence-corrected chi connectivity index (χ2v) is 7.31. The van der Waals surface area contributed by atoms with E-state index in [1.165, 1.54) is 0 Å². The molecule has 0 bridgehead atoms. The van der Waals surface area contributed by atoms with Crippen molar-refractivity contribution in [3.05, 3.63) is 42.5 Å². The van der Waals surface area contributed by atoms with Crippen molar-refractivity contribution in [2.45, 2.75) is 0 Å². The highest BCUT2D eigenvalue weighted by Crippen LogP contribution is 2.36. The van der Waals surface area contributed by atoms with Gasteiger partial charge in [0, 0.05) is 31.6 Å².